The minimum Gasteiger partial charge on any atom is -0.390 e. The molecule has 2 N–H and O–H groups in total. The maximum absolute atomic E-state index is 12.0. The molecule has 1 unspecified atom stereocenters. The second-order valence-electron chi connectivity index (χ2n) is 6.08. The molecule has 2 rings (SSSR count). The van der Waals surface area contributed by atoms with E-state index < -0.39 is 6.10 Å². The zero-order chi connectivity index (χ0) is 15.8. The van der Waals surface area contributed by atoms with Crippen molar-refractivity contribution < 1.29 is 19.4 Å². The number of benzene rings is 1. The fourth-order valence-corrected chi connectivity index (χ4v) is 2.49. The molecule has 1 heterocycles. The number of hydrogen-bond acceptors (Lipinski definition) is 4. The van der Waals surface area contributed by atoms with Gasteiger partial charge in [0.1, 0.15) is 0 Å². The highest BCUT2D eigenvalue weighted by Gasteiger charge is 2.29. The van der Waals surface area contributed by atoms with Gasteiger partial charge in [-0.2, -0.15) is 0 Å². The molecule has 1 aromatic rings. The van der Waals surface area contributed by atoms with Crippen molar-refractivity contribution in [3.05, 3.63) is 35.9 Å². The monoisotopic (exact) mass is 307 g/mol. The summed E-state index contributed by atoms with van der Waals surface area (Å²) >= 11 is 0. The third kappa shape index (κ3) is 5.75. The molecule has 0 aliphatic carbocycles. The summed E-state index contributed by atoms with van der Waals surface area (Å²) in [6.45, 7) is 3.95. The normalized spacial score (nSPS) is 18.6. The van der Waals surface area contributed by atoms with Crippen LogP contribution in [0.25, 0.3) is 0 Å². The standard InChI is InChI=1S/C17H25NO4/c1-17(7-9-21-10-8-17)18-16(20)11-15(19)13-22-12-14-5-3-2-4-6-14/h2-6,15,19H,7-13H2,1H3,(H,18,20). The van der Waals surface area contributed by atoms with Crippen molar-refractivity contribution >= 4 is 5.91 Å². The molecule has 0 radical (unpaired) electrons. The van der Waals surface area contributed by atoms with Gasteiger partial charge in [-0.3, -0.25) is 4.79 Å². The topological polar surface area (TPSA) is 67.8 Å². The van der Waals surface area contributed by atoms with Crippen LogP contribution in [0.15, 0.2) is 30.3 Å². The molecule has 1 aliphatic rings. The minimum atomic E-state index is -0.785. The van der Waals surface area contributed by atoms with Crippen LogP contribution < -0.4 is 5.32 Å². The number of carbonyl (C=O) groups excluding carboxylic acids is 1. The number of nitrogens with one attached hydrogen (secondary N) is 1. The largest absolute Gasteiger partial charge is 0.390 e. The predicted octanol–water partition coefficient (Wildman–Crippen LogP) is 1.64. The fourth-order valence-electron chi connectivity index (χ4n) is 2.49. The quantitative estimate of drug-likeness (QED) is 0.803. The molecular weight excluding hydrogens is 282 g/mol. The van der Waals surface area contributed by atoms with Crippen molar-refractivity contribution in [3.63, 3.8) is 0 Å². The lowest BCUT2D eigenvalue weighted by molar-refractivity contribution is -0.126. The molecule has 5 heteroatoms. The first-order valence-electron chi connectivity index (χ1n) is 7.76. The number of amides is 1. The molecule has 1 aromatic carbocycles. The summed E-state index contributed by atoms with van der Waals surface area (Å²) in [5, 5.41) is 12.9. The molecular formula is C17H25NO4. The molecule has 1 fully saturated rings. The van der Waals surface area contributed by atoms with Crippen molar-refractivity contribution in [1.29, 1.82) is 0 Å². The van der Waals surface area contributed by atoms with Crippen molar-refractivity contribution in [2.24, 2.45) is 0 Å². The van der Waals surface area contributed by atoms with E-state index in [1.54, 1.807) is 0 Å². The van der Waals surface area contributed by atoms with Crippen LogP contribution in [0, 0.1) is 0 Å². The lowest BCUT2D eigenvalue weighted by Crippen LogP contribution is -2.50. The van der Waals surface area contributed by atoms with Crippen LogP contribution in [0.1, 0.15) is 31.7 Å². The molecule has 22 heavy (non-hydrogen) atoms. The van der Waals surface area contributed by atoms with E-state index in [0.29, 0.717) is 19.8 Å². The Morgan fingerprint density at radius 2 is 2.05 bits per heavy atom. The summed E-state index contributed by atoms with van der Waals surface area (Å²) in [5.74, 6) is -0.139. The number of aliphatic hydroxyl groups excluding tert-OH is 1. The summed E-state index contributed by atoms with van der Waals surface area (Å²) in [6, 6.07) is 9.75. The van der Waals surface area contributed by atoms with Gasteiger partial charge in [0.05, 0.1) is 25.7 Å². The molecule has 0 spiro atoms. The van der Waals surface area contributed by atoms with Crippen molar-refractivity contribution in [2.45, 2.75) is 44.4 Å². The SMILES string of the molecule is CC1(NC(=O)CC(O)COCc2ccccc2)CCOCC1. The Hall–Kier alpha value is -1.43. The number of aliphatic hydroxyl groups is 1. The Morgan fingerprint density at radius 1 is 1.36 bits per heavy atom. The van der Waals surface area contributed by atoms with Gasteiger partial charge in [-0.05, 0) is 25.3 Å². The molecule has 0 bridgehead atoms. The van der Waals surface area contributed by atoms with Crippen molar-refractivity contribution in [1.82, 2.24) is 5.32 Å². The molecule has 1 aliphatic heterocycles. The lowest BCUT2D eigenvalue weighted by atomic mass is 9.92. The van der Waals surface area contributed by atoms with Gasteiger partial charge in [-0.15, -0.1) is 0 Å². The van der Waals surface area contributed by atoms with Gasteiger partial charge in [0.2, 0.25) is 5.91 Å². The zero-order valence-electron chi connectivity index (χ0n) is 13.1. The lowest BCUT2D eigenvalue weighted by Gasteiger charge is -2.34. The van der Waals surface area contributed by atoms with E-state index in [2.05, 4.69) is 5.32 Å². The van der Waals surface area contributed by atoms with Crippen LogP contribution in [-0.2, 0) is 20.9 Å². The predicted molar refractivity (Wildman–Crippen MR) is 83.3 cm³/mol. The maximum Gasteiger partial charge on any atom is 0.223 e. The molecule has 0 aromatic heterocycles. The van der Waals surface area contributed by atoms with E-state index in [1.807, 2.05) is 37.3 Å². The van der Waals surface area contributed by atoms with Gasteiger partial charge in [0.25, 0.3) is 0 Å². The summed E-state index contributed by atoms with van der Waals surface area (Å²) in [6.07, 6.45) is 0.886. The molecule has 0 saturated carbocycles. The van der Waals surface area contributed by atoms with Gasteiger partial charge in [0.15, 0.2) is 0 Å². The third-order valence-electron chi connectivity index (χ3n) is 3.88. The summed E-state index contributed by atoms with van der Waals surface area (Å²) in [5.41, 5.74) is 0.828. The van der Waals surface area contributed by atoms with Crippen molar-refractivity contribution in [3.8, 4) is 0 Å². The van der Waals surface area contributed by atoms with Crippen LogP contribution in [0.3, 0.4) is 0 Å². The maximum atomic E-state index is 12.0. The van der Waals surface area contributed by atoms with Crippen LogP contribution in [0.4, 0.5) is 0 Å². The number of carbonyl (C=O) groups is 1. The van der Waals surface area contributed by atoms with Crippen LogP contribution >= 0.6 is 0 Å². The zero-order valence-corrected chi connectivity index (χ0v) is 13.1. The molecule has 1 amide bonds. The number of hydrogen-bond donors (Lipinski definition) is 2. The summed E-state index contributed by atoms with van der Waals surface area (Å²) in [7, 11) is 0. The highest BCUT2D eigenvalue weighted by molar-refractivity contribution is 5.77. The molecule has 5 nitrogen and oxygen atoms in total. The van der Waals surface area contributed by atoms with Gasteiger partial charge >= 0.3 is 0 Å². The van der Waals surface area contributed by atoms with Crippen LogP contribution in [-0.4, -0.2) is 42.5 Å². The number of ether oxygens (including phenoxy) is 2. The highest BCUT2D eigenvalue weighted by atomic mass is 16.5. The Kier molecular flexibility index (Phi) is 6.36. The highest BCUT2D eigenvalue weighted by Crippen LogP contribution is 2.19. The fraction of sp³-hybridized carbons (Fsp3) is 0.588. The first-order chi connectivity index (χ1) is 10.6. The summed E-state index contributed by atoms with van der Waals surface area (Å²) < 4.78 is 10.7. The molecule has 122 valence electrons. The average molecular weight is 307 g/mol. The van der Waals surface area contributed by atoms with E-state index in [0.717, 1.165) is 18.4 Å². The Morgan fingerprint density at radius 3 is 2.73 bits per heavy atom. The Bertz CT molecular complexity index is 457. The first-order valence-corrected chi connectivity index (χ1v) is 7.76. The van der Waals surface area contributed by atoms with E-state index in [-0.39, 0.29) is 24.5 Å². The van der Waals surface area contributed by atoms with Gasteiger partial charge in [0, 0.05) is 18.8 Å². The number of rotatable bonds is 7. The third-order valence-corrected chi connectivity index (χ3v) is 3.88. The summed E-state index contributed by atoms with van der Waals surface area (Å²) in [4.78, 5) is 12.0. The average Bonchev–Trinajstić information content (AvgIpc) is 2.48. The van der Waals surface area contributed by atoms with Gasteiger partial charge in [-0.25, -0.2) is 0 Å². The van der Waals surface area contributed by atoms with E-state index >= 15 is 0 Å². The smallest absolute Gasteiger partial charge is 0.223 e. The second kappa shape index (κ2) is 8.27. The molecule has 1 saturated heterocycles. The van der Waals surface area contributed by atoms with Gasteiger partial charge < -0.3 is 19.9 Å². The van der Waals surface area contributed by atoms with E-state index in [1.165, 1.54) is 0 Å². The van der Waals surface area contributed by atoms with E-state index in [4.69, 9.17) is 9.47 Å². The van der Waals surface area contributed by atoms with Crippen LogP contribution in [0.2, 0.25) is 0 Å². The Balaban J connectivity index is 1.65. The minimum absolute atomic E-state index is 0.0608. The van der Waals surface area contributed by atoms with Gasteiger partial charge in [-0.1, -0.05) is 30.3 Å². The van der Waals surface area contributed by atoms with Crippen molar-refractivity contribution in [2.75, 3.05) is 19.8 Å². The molecule has 1 atom stereocenters. The first kappa shape index (κ1) is 16.9. The second-order valence-corrected chi connectivity index (χ2v) is 6.08. The Labute approximate surface area is 131 Å². The van der Waals surface area contributed by atoms with Crippen LogP contribution in [0.5, 0.6) is 0 Å². The van der Waals surface area contributed by atoms with E-state index in [9.17, 15) is 9.90 Å².